The monoisotopic (exact) mass is 314 g/mol. The Hall–Kier alpha value is -2.17. The average Bonchev–Trinajstić information content (AvgIpc) is 3.23. The molecule has 0 aliphatic heterocycles. The third kappa shape index (κ3) is 3.28. The zero-order valence-electron chi connectivity index (χ0n) is 13.8. The van der Waals surface area contributed by atoms with Crippen molar-refractivity contribution < 1.29 is 9.53 Å². The van der Waals surface area contributed by atoms with Crippen molar-refractivity contribution in [2.24, 2.45) is 17.8 Å². The molecule has 1 aliphatic rings. The average molecular weight is 314 g/mol. The van der Waals surface area contributed by atoms with E-state index in [9.17, 15) is 9.59 Å². The first-order valence-electron chi connectivity index (χ1n) is 8.14. The highest BCUT2D eigenvalue weighted by Crippen LogP contribution is 2.37. The maximum absolute atomic E-state index is 12.5. The van der Waals surface area contributed by atoms with Crippen LogP contribution in [0, 0.1) is 17.8 Å². The number of carbonyl (C=O) groups excluding carboxylic acids is 1. The Morgan fingerprint density at radius 2 is 2.00 bits per heavy atom. The minimum atomic E-state index is -0.446. The molecule has 1 aromatic heterocycles. The van der Waals surface area contributed by atoms with E-state index in [1.807, 2.05) is 13.8 Å². The van der Waals surface area contributed by atoms with Crippen molar-refractivity contribution >= 4 is 16.7 Å². The van der Waals surface area contributed by atoms with Crippen LogP contribution in [-0.4, -0.2) is 22.4 Å². The van der Waals surface area contributed by atoms with Crippen LogP contribution in [0.3, 0.4) is 0 Å². The van der Waals surface area contributed by atoms with Crippen LogP contribution >= 0.6 is 0 Å². The number of fused-ring (bicyclic) bond motifs is 1. The molecule has 0 bridgehead atoms. The quantitative estimate of drug-likeness (QED) is 0.796. The van der Waals surface area contributed by atoms with Crippen LogP contribution in [0.5, 0.6) is 0 Å². The van der Waals surface area contributed by atoms with Crippen molar-refractivity contribution in [1.29, 1.82) is 0 Å². The molecule has 0 saturated heterocycles. The van der Waals surface area contributed by atoms with Gasteiger partial charge in [0.25, 0.3) is 5.56 Å². The predicted octanol–water partition coefficient (Wildman–Crippen LogP) is 2.87. The van der Waals surface area contributed by atoms with Crippen LogP contribution in [0.15, 0.2) is 29.1 Å². The molecular weight excluding hydrogens is 292 g/mol. The molecule has 0 radical (unpaired) electrons. The Balaban J connectivity index is 1.98. The molecule has 2 atom stereocenters. The maximum atomic E-state index is 12.5. The standard InChI is InChI=1S/C18H22N2O3/c1-11(2)9-20-17(21)15-7-5-4-6-14(15)16(19-20)18(22)23-10-13-8-12(13)3/h4-7,11-13H,8-10H2,1-3H3/t12-,13-/m0/s1. The van der Waals surface area contributed by atoms with Gasteiger partial charge in [0.1, 0.15) is 0 Å². The summed E-state index contributed by atoms with van der Waals surface area (Å²) in [6.45, 7) is 7.07. The fraction of sp³-hybridized carbons (Fsp3) is 0.500. The lowest BCUT2D eigenvalue weighted by Crippen LogP contribution is -2.28. The lowest BCUT2D eigenvalue weighted by molar-refractivity contribution is 0.0473. The second kappa shape index (κ2) is 6.14. The Kier molecular flexibility index (Phi) is 4.20. The van der Waals surface area contributed by atoms with Gasteiger partial charge in [-0.25, -0.2) is 9.48 Å². The minimum Gasteiger partial charge on any atom is -0.461 e. The largest absolute Gasteiger partial charge is 0.461 e. The molecule has 1 aliphatic carbocycles. The van der Waals surface area contributed by atoms with Crippen LogP contribution in [-0.2, 0) is 11.3 Å². The molecule has 0 amide bonds. The van der Waals surface area contributed by atoms with Crippen molar-refractivity contribution in [1.82, 2.24) is 9.78 Å². The van der Waals surface area contributed by atoms with Gasteiger partial charge in [-0.3, -0.25) is 4.79 Å². The number of aromatic nitrogens is 2. The summed E-state index contributed by atoms with van der Waals surface area (Å²) in [4.78, 5) is 25.0. The van der Waals surface area contributed by atoms with Gasteiger partial charge in [-0.2, -0.15) is 5.10 Å². The lowest BCUT2D eigenvalue weighted by Gasteiger charge is -2.12. The molecule has 2 aromatic rings. The first-order valence-corrected chi connectivity index (χ1v) is 8.14. The van der Waals surface area contributed by atoms with E-state index >= 15 is 0 Å². The first kappa shape index (κ1) is 15.7. The van der Waals surface area contributed by atoms with E-state index in [0.717, 1.165) is 6.42 Å². The van der Waals surface area contributed by atoms with E-state index in [4.69, 9.17) is 4.74 Å². The van der Waals surface area contributed by atoms with Crippen LogP contribution in [0.4, 0.5) is 0 Å². The molecule has 0 N–H and O–H groups in total. The van der Waals surface area contributed by atoms with Crippen LogP contribution in [0.2, 0.25) is 0 Å². The van der Waals surface area contributed by atoms with Crippen molar-refractivity contribution in [3.8, 4) is 0 Å². The summed E-state index contributed by atoms with van der Waals surface area (Å²) in [5.41, 5.74) is 0.0656. The third-order valence-corrected chi connectivity index (χ3v) is 4.30. The second-order valence-electron chi connectivity index (χ2n) is 6.85. The number of rotatable bonds is 5. The van der Waals surface area contributed by atoms with Gasteiger partial charge in [0.15, 0.2) is 5.69 Å². The van der Waals surface area contributed by atoms with Crippen LogP contribution in [0.25, 0.3) is 10.8 Å². The van der Waals surface area contributed by atoms with Crippen molar-refractivity contribution in [2.75, 3.05) is 6.61 Å². The van der Waals surface area contributed by atoms with Crippen LogP contribution in [0.1, 0.15) is 37.7 Å². The summed E-state index contributed by atoms with van der Waals surface area (Å²) in [6.07, 6.45) is 1.11. The van der Waals surface area contributed by atoms with E-state index in [1.54, 1.807) is 24.3 Å². The third-order valence-electron chi connectivity index (χ3n) is 4.30. The molecule has 23 heavy (non-hydrogen) atoms. The van der Waals surface area contributed by atoms with Gasteiger partial charge < -0.3 is 4.74 Å². The fourth-order valence-electron chi connectivity index (χ4n) is 2.74. The zero-order valence-corrected chi connectivity index (χ0v) is 13.8. The van der Waals surface area contributed by atoms with E-state index in [2.05, 4.69) is 12.0 Å². The molecule has 3 rings (SSSR count). The summed E-state index contributed by atoms with van der Waals surface area (Å²) in [7, 11) is 0. The highest BCUT2D eigenvalue weighted by molar-refractivity contribution is 6.02. The van der Waals surface area contributed by atoms with Gasteiger partial charge in [0, 0.05) is 11.9 Å². The Morgan fingerprint density at radius 3 is 2.61 bits per heavy atom. The molecule has 0 unspecified atom stereocenters. The molecule has 0 spiro atoms. The Labute approximate surface area is 135 Å². The van der Waals surface area contributed by atoms with Gasteiger partial charge >= 0.3 is 5.97 Å². The number of benzene rings is 1. The van der Waals surface area contributed by atoms with Gasteiger partial charge in [0.2, 0.25) is 0 Å². The summed E-state index contributed by atoms with van der Waals surface area (Å²) < 4.78 is 6.79. The molecule has 1 fully saturated rings. The second-order valence-corrected chi connectivity index (χ2v) is 6.85. The predicted molar refractivity (Wildman–Crippen MR) is 88.4 cm³/mol. The molecule has 1 heterocycles. The SMILES string of the molecule is CC(C)Cn1nc(C(=O)OC[C@@H]2C[C@@H]2C)c2ccccc2c1=O. The minimum absolute atomic E-state index is 0.165. The number of nitrogens with zero attached hydrogens (tertiary/aromatic N) is 2. The fourth-order valence-corrected chi connectivity index (χ4v) is 2.74. The smallest absolute Gasteiger partial charge is 0.359 e. The highest BCUT2D eigenvalue weighted by Gasteiger charge is 2.34. The molecule has 1 aromatic carbocycles. The van der Waals surface area contributed by atoms with E-state index in [-0.39, 0.29) is 17.2 Å². The van der Waals surface area contributed by atoms with Gasteiger partial charge in [-0.05, 0) is 30.2 Å². The first-order chi connectivity index (χ1) is 11.0. The van der Waals surface area contributed by atoms with Gasteiger partial charge in [-0.1, -0.05) is 39.0 Å². The number of hydrogen-bond acceptors (Lipinski definition) is 4. The van der Waals surface area contributed by atoms with Crippen molar-refractivity contribution in [3.05, 3.63) is 40.3 Å². The van der Waals surface area contributed by atoms with Crippen molar-refractivity contribution in [2.45, 2.75) is 33.7 Å². The number of hydrogen-bond donors (Lipinski definition) is 0. The highest BCUT2D eigenvalue weighted by atomic mass is 16.5. The lowest BCUT2D eigenvalue weighted by atomic mass is 10.1. The normalized spacial score (nSPS) is 20.0. The van der Waals surface area contributed by atoms with E-state index in [0.29, 0.717) is 35.8 Å². The van der Waals surface area contributed by atoms with Gasteiger partial charge in [0.05, 0.1) is 12.0 Å². The maximum Gasteiger partial charge on any atom is 0.359 e. The number of ether oxygens (including phenoxy) is 1. The summed E-state index contributed by atoms with van der Waals surface area (Å²) in [6, 6.07) is 7.08. The topological polar surface area (TPSA) is 61.2 Å². The summed E-state index contributed by atoms with van der Waals surface area (Å²) in [5, 5.41) is 5.36. The number of esters is 1. The molecule has 5 nitrogen and oxygen atoms in total. The van der Waals surface area contributed by atoms with E-state index in [1.165, 1.54) is 4.68 Å². The summed E-state index contributed by atoms with van der Waals surface area (Å²) >= 11 is 0. The Bertz CT molecular complexity index is 794. The van der Waals surface area contributed by atoms with Crippen LogP contribution < -0.4 is 5.56 Å². The molecular formula is C18H22N2O3. The number of carbonyl (C=O) groups is 1. The Morgan fingerprint density at radius 1 is 1.35 bits per heavy atom. The van der Waals surface area contributed by atoms with E-state index < -0.39 is 5.97 Å². The molecule has 5 heteroatoms. The van der Waals surface area contributed by atoms with Crippen molar-refractivity contribution in [3.63, 3.8) is 0 Å². The molecule has 1 saturated carbocycles. The summed E-state index contributed by atoms with van der Waals surface area (Å²) in [5.74, 6) is 0.907. The zero-order chi connectivity index (χ0) is 16.6. The molecule has 122 valence electrons. The van der Waals surface area contributed by atoms with Gasteiger partial charge in [-0.15, -0.1) is 0 Å².